The molecule has 0 saturated carbocycles. The van der Waals surface area contributed by atoms with Gasteiger partial charge in [0.1, 0.15) is 5.69 Å². The van der Waals surface area contributed by atoms with E-state index < -0.39 is 0 Å². The van der Waals surface area contributed by atoms with Crippen LogP contribution >= 0.6 is 11.3 Å². The second-order valence-electron chi connectivity index (χ2n) is 6.40. The number of ketones is 1. The van der Waals surface area contributed by atoms with Gasteiger partial charge in [0.15, 0.2) is 5.78 Å². The zero-order chi connectivity index (χ0) is 15.7. The first-order valence-corrected chi connectivity index (χ1v) is 9.43. The van der Waals surface area contributed by atoms with Crippen LogP contribution in [0.3, 0.4) is 0 Å². The lowest BCUT2D eigenvalue weighted by Crippen LogP contribution is -2.12. The van der Waals surface area contributed by atoms with Gasteiger partial charge in [0.2, 0.25) is 0 Å². The van der Waals surface area contributed by atoms with E-state index in [1.165, 1.54) is 44.9 Å². The van der Waals surface area contributed by atoms with Gasteiger partial charge in [-0.05, 0) is 6.42 Å². The molecule has 0 aliphatic rings. The number of hydrogen-bond donors (Lipinski definition) is 0. The Morgan fingerprint density at radius 2 is 1.71 bits per heavy atom. The Bertz CT molecular complexity index is 411. The molecular weight excluding hydrogens is 278 g/mol. The molecule has 0 fully saturated rings. The number of hydrogen-bond acceptors (Lipinski definition) is 3. The van der Waals surface area contributed by atoms with Crippen LogP contribution in [0.25, 0.3) is 0 Å². The predicted molar refractivity (Wildman–Crippen MR) is 92.3 cm³/mol. The molecule has 21 heavy (non-hydrogen) atoms. The monoisotopic (exact) mass is 309 g/mol. The van der Waals surface area contributed by atoms with E-state index in [0.29, 0.717) is 11.6 Å². The number of carbonyl (C=O) groups is 1. The van der Waals surface area contributed by atoms with Crippen LogP contribution in [-0.2, 0) is 0 Å². The van der Waals surface area contributed by atoms with Crippen molar-refractivity contribution in [3.05, 3.63) is 16.1 Å². The van der Waals surface area contributed by atoms with Crippen LogP contribution in [0.5, 0.6) is 0 Å². The van der Waals surface area contributed by atoms with Crippen LogP contribution < -0.4 is 0 Å². The van der Waals surface area contributed by atoms with Gasteiger partial charge in [0, 0.05) is 17.2 Å². The number of aromatic nitrogens is 1. The van der Waals surface area contributed by atoms with Crippen LogP contribution in [0.1, 0.15) is 100 Å². The van der Waals surface area contributed by atoms with E-state index >= 15 is 0 Å². The van der Waals surface area contributed by atoms with Crippen LogP contribution in [0.2, 0.25) is 0 Å². The molecule has 0 radical (unpaired) electrons. The van der Waals surface area contributed by atoms with Gasteiger partial charge < -0.3 is 0 Å². The summed E-state index contributed by atoms with van der Waals surface area (Å²) in [4.78, 5) is 16.8. The standard InChI is InChI=1S/C18H31NOS/c1-5-6-7-8-9-10-11-12-15(4)17(20)16-13-21-18(19-16)14(2)3/h13-15H,5-12H2,1-4H3. The van der Waals surface area contributed by atoms with E-state index in [2.05, 4.69) is 25.8 Å². The Balaban J connectivity index is 2.24. The molecular formula is C18H31NOS. The highest BCUT2D eigenvalue weighted by atomic mass is 32.1. The number of carbonyl (C=O) groups excluding carboxylic acids is 1. The fourth-order valence-corrected chi connectivity index (χ4v) is 3.28. The molecule has 3 heteroatoms. The minimum absolute atomic E-state index is 0.114. The molecule has 0 amide bonds. The maximum absolute atomic E-state index is 12.3. The minimum Gasteiger partial charge on any atom is -0.292 e. The van der Waals surface area contributed by atoms with E-state index in [4.69, 9.17) is 0 Å². The molecule has 0 aliphatic carbocycles. The zero-order valence-corrected chi connectivity index (χ0v) is 15.0. The smallest absolute Gasteiger partial charge is 0.184 e. The van der Waals surface area contributed by atoms with Crippen molar-refractivity contribution in [2.45, 2.75) is 85.0 Å². The third kappa shape index (κ3) is 6.73. The maximum Gasteiger partial charge on any atom is 0.184 e. The predicted octanol–water partition coefficient (Wildman–Crippen LogP) is 6.23. The van der Waals surface area contributed by atoms with Gasteiger partial charge in [0.05, 0.1) is 5.01 Å². The molecule has 0 spiro atoms. The quantitative estimate of drug-likeness (QED) is 0.358. The van der Waals surface area contributed by atoms with Gasteiger partial charge in [0.25, 0.3) is 0 Å². The normalized spacial score (nSPS) is 12.8. The molecule has 1 aromatic rings. The summed E-state index contributed by atoms with van der Waals surface area (Å²) in [5.74, 6) is 0.752. The van der Waals surface area contributed by atoms with Crippen molar-refractivity contribution in [3.63, 3.8) is 0 Å². The van der Waals surface area contributed by atoms with Crippen molar-refractivity contribution in [1.29, 1.82) is 0 Å². The summed E-state index contributed by atoms with van der Waals surface area (Å²) in [6.07, 6.45) is 10.1. The molecule has 1 unspecified atom stereocenters. The van der Waals surface area contributed by atoms with Crippen molar-refractivity contribution in [3.8, 4) is 0 Å². The Kier molecular flexibility index (Phi) is 8.82. The van der Waals surface area contributed by atoms with Gasteiger partial charge in [-0.15, -0.1) is 11.3 Å². The minimum atomic E-state index is 0.114. The van der Waals surface area contributed by atoms with Crippen molar-refractivity contribution in [2.24, 2.45) is 5.92 Å². The van der Waals surface area contributed by atoms with Gasteiger partial charge in [-0.2, -0.15) is 0 Å². The summed E-state index contributed by atoms with van der Waals surface area (Å²) >= 11 is 1.61. The summed E-state index contributed by atoms with van der Waals surface area (Å²) in [7, 11) is 0. The maximum atomic E-state index is 12.3. The van der Waals surface area contributed by atoms with E-state index in [9.17, 15) is 4.79 Å². The summed E-state index contributed by atoms with van der Waals surface area (Å²) in [6, 6.07) is 0. The number of Topliss-reactive ketones (excluding diaryl/α,β-unsaturated/α-hetero) is 1. The first-order chi connectivity index (χ1) is 10.1. The highest BCUT2D eigenvalue weighted by Gasteiger charge is 2.18. The molecule has 0 saturated heterocycles. The highest BCUT2D eigenvalue weighted by Crippen LogP contribution is 2.22. The summed E-state index contributed by atoms with van der Waals surface area (Å²) < 4.78 is 0. The number of unbranched alkanes of at least 4 members (excludes halogenated alkanes) is 6. The average molecular weight is 310 g/mol. The highest BCUT2D eigenvalue weighted by molar-refractivity contribution is 7.09. The van der Waals surface area contributed by atoms with Crippen molar-refractivity contribution >= 4 is 17.1 Å². The molecule has 1 rings (SSSR count). The fraction of sp³-hybridized carbons (Fsp3) is 0.778. The van der Waals surface area contributed by atoms with Crippen LogP contribution in [0, 0.1) is 5.92 Å². The molecule has 120 valence electrons. The first kappa shape index (κ1) is 18.3. The van der Waals surface area contributed by atoms with E-state index in [1.807, 2.05) is 12.3 Å². The molecule has 0 aromatic carbocycles. The molecule has 1 aromatic heterocycles. The average Bonchev–Trinajstić information content (AvgIpc) is 2.95. The van der Waals surface area contributed by atoms with E-state index in [0.717, 1.165) is 11.4 Å². The van der Waals surface area contributed by atoms with Gasteiger partial charge in [-0.1, -0.05) is 72.6 Å². The Hall–Kier alpha value is -0.700. The van der Waals surface area contributed by atoms with Crippen LogP contribution in [0.15, 0.2) is 5.38 Å². The topological polar surface area (TPSA) is 30.0 Å². The molecule has 1 heterocycles. The van der Waals surface area contributed by atoms with E-state index in [-0.39, 0.29) is 11.7 Å². The third-order valence-corrected chi connectivity index (χ3v) is 5.10. The second kappa shape index (κ2) is 10.1. The Morgan fingerprint density at radius 1 is 1.10 bits per heavy atom. The molecule has 0 aliphatic heterocycles. The Morgan fingerprint density at radius 3 is 2.29 bits per heavy atom. The number of thiazole rings is 1. The van der Waals surface area contributed by atoms with Gasteiger partial charge >= 0.3 is 0 Å². The lowest BCUT2D eigenvalue weighted by Gasteiger charge is -2.08. The number of rotatable bonds is 11. The van der Waals surface area contributed by atoms with Crippen molar-refractivity contribution in [1.82, 2.24) is 4.98 Å². The molecule has 0 N–H and O–H groups in total. The van der Waals surface area contributed by atoms with Gasteiger partial charge in [-0.25, -0.2) is 4.98 Å². The van der Waals surface area contributed by atoms with Crippen molar-refractivity contribution < 1.29 is 4.79 Å². The summed E-state index contributed by atoms with van der Waals surface area (Å²) in [5.41, 5.74) is 0.680. The second-order valence-corrected chi connectivity index (χ2v) is 7.29. The first-order valence-electron chi connectivity index (χ1n) is 8.55. The van der Waals surface area contributed by atoms with Crippen molar-refractivity contribution in [2.75, 3.05) is 0 Å². The molecule has 0 bridgehead atoms. The molecule has 1 atom stereocenters. The van der Waals surface area contributed by atoms with Gasteiger partial charge in [-0.3, -0.25) is 4.79 Å². The van der Waals surface area contributed by atoms with Crippen LogP contribution in [0.4, 0.5) is 0 Å². The van der Waals surface area contributed by atoms with E-state index in [1.54, 1.807) is 11.3 Å². The zero-order valence-electron chi connectivity index (χ0n) is 14.2. The largest absolute Gasteiger partial charge is 0.292 e. The third-order valence-electron chi connectivity index (χ3n) is 3.96. The number of nitrogens with zero attached hydrogens (tertiary/aromatic N) is 1. The Labute approximate surface area is 134 Å². The lowest BCUT2D eigenvalue weighted by molar-refractivity contribution is 0.0917. The van der Waals surface area contributed by atoms with Crippen LogP contribution in [-0.4, -0.2) is 10.8 Å². The molecule has 2 nitrogen and oxygen atoms in total. The fourth-order valence-electron chi connectivity index (χ4n) is 2.46. The SMILES string of the molecule is CCCCCCCCCC(C)C(=O)c1csc(C(C)C)n1. The summed E-state index contributed by atoms with van der Waals surface area (Å²) in [5, 5.41) is 3.00. The summed E-state index contributed by atoms with van der Waals surface area (Å²) in [6.45, 7) is 8.54. The lowest BCUT2D eigenvalue weighted by atomic mass is 9.96.